The van der Waals surface area contributed by atoms with Crippen molar-refractivity contribution in [3.63, 3.8) is 0 Å². The van der Waals surface area contributed by atoms with Crippen LogP contribution in [0.2, 0.25) is 0 Å². The molecule has 0 aromatic heterocycles. The molecule has 0 radical (unpaired) electrons. The van der Waals surface area contributed by atoms with Gasteiger partial charge in [-0.15, -0.1) is 0 Å². The molecule has 80 valence electrons. The van der Waals surface area contributed by atoms with E-state index >= 15 is 0 Å². The molecule has 0 heterocycles. The zero-order valence-corrected chi connectivity index (χ0v) is 9.49. The molecule has 1 aliphatic carbocycles. The number of carbonyl (C=O) groups is 1. The standard InChI is InChI=1S/C14H18O/c1-10-4-3-5-12-6-7-13(8-14(10)12)11(2)9-15/h3-5,9,11,13H,6-8H2,1-2H3. The van der Waals surface area contributed by atoms with Gasteiger partial charge in [0, 0.05) is 5.92 Å². The summed E-state index contributed by atoms with van der Waals surface area (Å²) in [6, 6.07) is 6.54. The average Bonchev–Trinajstić information content (AvgIpc) is 2.28. The van der Waals surface area contributed by atoms with Gasteiger partial charge in [-0.05, 0) is 48.8 Å². The monoisotopic (exact) mass is 202 g/mol. The molecule has 1 nitrogen and oxygen atoms in total. The van der Waals surface area contributed by atoms with Crippen molar-refractivity contribution < 1.29 is 4.79 Å². The van der Waals surface area contributed by atoms with Gasteiger partial charge in [-0.25, -0.2) is 0 Å². The molecule has 2 unspecified atom stereocenters. The Hall–Kier alpha value is -1.11. The van der Waals surface area contributed by atoms with Crippen molar-refractivity contribution in [3.05, 3.63) is 34.9 Å². The minimum Gasteiger partial charge on any atom is -0.303 e. The first-order chi connectivity index (χ1) is 7.22. The molecule has 1 aromatic rings. The molecule has 2 rings (SSSR count). The van der Waals surface area contributed by atoms with E-state index < -0.39 is 0 Å². The largest absolute Gasteiger partial charge is 0.303 e. The lowest BCUT2D eigenvalue weighted by molar-refractivity contribution is -0.112. The second-order valence-electron chi connectivity index (χ2n) is 4.71. The summed E-state index contributed by atoms with van der Waals surface area (Å²) in [6.07, 6.45) is 4.49. The predicted molar refractivity (Wildman–Crippen MR) is 61.9 cm³/mol. The maximum atomic E-state index is 10.8. The minimum atomic E-state index is 0.206. The molecule has 0 amide bonds. The van der Waals surface area contributed by atoms with Gasteiger partial charge in [0.1, 0.15) is 6.29 Å². The first-order valence-corrected chi connectivity index (χ1v) is 5.75. The molecule has 0 saturated heterocycles. The zero-order valence-electron chi connectivity index (χ0n) is 9.49. The van der Waals surface area contributed by atoms with Crippen LogP contribution in [0.25, 0.3) is 0 Å². The topological polar surface area (TPSA) is 17.1 Å². The number of fused-ring (bicyclic) bond motifs is 1. The van der Waals surface area contributed by atoms with E-state index in [2.05, 4.69) is 25.1 Å². The van der Waals surface area contributed by atoms with Crippen molar-refractivity contribution in [3.8, 4) is 0 Å². The SMILES string of the molecule is Cc1cccc2c1CC(C(C)C=O)CC2. The quantitative estimate of drug-likeness (QED) is 0.674. The van der Waals surface area contributed by atoms with E-state index in [1.54, 1.807) is 0 Å². The molecule has 0 bridgehead atoms. The van der Waals surface area contributed by atoms with Crippen LogP contribution in [0.3, 0.4) is 0 Å². The molecular formula is C14H18O. The van der Waals surface area contributed by atoms with E-state index in [0.29, 0.717) is 5.92 Å². The normalized spacial score (nSPS) is 21.9. The van der Waals surface area contributed by atoms with Crippen LogP contribution in [0, 0.1) is 18.8 Å². The third-order valence-corrected chi connectivity index (χ3v) is 3.72. The molecule has 1 heteroatoms. The van der Waals surface area contributed by atoms with E-state index in [0.717, 1.165) is 25.5 Å². The van der Waals surface area contributed by atoms with E-state index in [1.807, 2.05) is 6.92 Å². The second-order valence-corrected chi connectivity index (χ2v) is 4.71. The van der Waals surface area contributed by atoms with Crippen LogP contribution in [0.4, 0.5) is 0 Å². The van der Waals surface area contributed by atoms with Gasteiger partial charge < -0.3 is 4.79 Å². The lowest BCUT2D eigenvalue weighted by atomic mass is 9.77. The van der Waals surface area contributed by atoms with E-state index in [4.69, 9.17) is 0 Å². The number of benzene rings is 1. The minimum absolute atomic E-state index is 0.206. The summed E-state index contributed by atoms with van der Waals surface area (Å²) in [6.45, 7) is 4.22. The van der Waals surface area contributed by atoms with Gasteiger partial charge in [-0.3, -0.25) is 0 Å². The number of rotatable bonds is 2. The summed E-state index contributed by atoms with van der Waals surface area (Å²) >= 11 is 0. The molecule has 0 fully saturated rings. The summed E-state index contributed by atoms with van der Waals surface area (Å²) in [4.78, 5) is 10.8. The summed E-state index contributed by atoms with van der Waals surface area (Å²) in [5, 5.41) is 0. The zero-order chi connectivity index (χ0) is 10.8. The Morgan fingerprint density at radius 1 is 1.47 bits per heavy atom. The summed E-state index contributed by atoms with van der Waals surface area (Å²) in [5.74, 6) is 0.758. The number of aryl methyl sites for hydroxylation is 2. The van der Waals surface area contributed by atoms with Crippen LogP contribution < -0.4 is 0 Å². The number of hydrogen-bond donors (Lipinski definition) is 0. The lowest BCUT2D eigenvalue weighted by Crippen LogP contribution is -2.22. The third-order valence-electron chi connectivity index (χ3n) is 3.72. The van der Waals surface area contributed by atoms with Gasteiger partial charge in [-0.2, -0.15) is 0 Å². The van der Waals surface area contributed by atoms with Crippen molar-refractivity contribution >= 4 is 6.29 Å². The molecule has 1 aliphatic rings. The number of carbonyl (C=O) groups excluding carboxylic acids is 1. The Kier molecular flexibility index (Phi) is 2.90. The van der Waals surface area contributed by atoms with Crippen LogP contribution in [0.5, 0.6) is 0 Å². The maximum Gasteiger partial charge on any atom is 0.123 e. The lowest BCUT2D eigenvalue weighted by Gasteiger charge is -2.27. The van der Waals surface area contributed by atoms with Crippen molar-refractivity contribution in [1.82, 2.24) is 0 Å². The fourth-order valence-corrected chi connectivity index (χ4v) is 2.55. The average molecular weight is 202 g/mol. The van der Waals surface area contributed by atoms with E-state index in [-0.39, 0.29) is 5.92 Å². The second kappa shape index (κ2) is 4.18. The number of hydrogen-bond acceptors (Lipinski definition) is 1. The van der Waals surface area contributed by atoms with Crippen LogP contribution in [0.1, 0.15) is 30.0 Å². The van der Waals surface area contributed by atoms with Crippen LogP contribution in [0.15, 0.2) is 18.2 Å². The highest BCUT2D eigenvalue weighted by Gasteiger charge is 2.23. The van der Waals surface area contributed by atoms with Gasteiger partial charge in [0.2, 0.25) is 0 Å². The highest BCUT2D eigenvalue weighted by atomic mass is 16.1. The van der Waals surface area contributed by atoms with Gasteiger partial charge in [0.05, 0.1) is 0 Å². The first-order valence-electron chi connectivity index (χ1n) is 5.75. The van der Waals surface area contributed by atoms with Crippen molar-refractivity contribution in [2.75, 3.05) is 0 Å². The third kappa shape index (κ3) is 1.97. The molecule has 0 N–H and O–H groups in total. The Labute approximate surface area is 91.5 Å². The Bertz CT molecular complexity index is 368. The molecule has 1 aromatic carbocycles. The van der Waals surface area contributed by atoms with Gasteiger partial charge in [-0.1, -0.05) is 25.1 Å². The predicted octanol–water partition coefficient (Wildman–Crippen LogP) is 2.93. The van der Waals surface area contributed by atoms with Gasteiger partial charge in [0.25, 0.3) is 0 Å². The molecule has 15 heavy (non-hydrogen) atoms. The Balaban J connectivity index is 2.25. The van der Waals surface area contributed by atoms with Crippen LogP contribution in [-0.2, 0) is 17.6 Å². The molecule has 2 atom stereocenters. The van der Waals surface area contributed by atoms with Gasteiger partial charge in [0.15, 0.2) is 0 Å². The van der Waals surface area contributed by atoms with E-state index in [1.165, 1.54) is 16.7 Å². The Morgan fingerprint density at radius 3 is 3.00 bits per heavy atom. The number of aldehydes is 1. The summed E-state index contributed by atoms with van der Waals surface area (Å²) in [5.41, 5.74) is 4.36. The van der Waals surface area contributed by atoms with Crippen molar-refractivity contribution in [1.29, 1.82) is 0 Å². The summed E-state index contributed by atoms with van der Waals surface area (Å²) in [7, 11) is 0. The van der Waals surface area contributed by atoms with Crippen molar-refractivity contribution in [2.45, 2.75) is 33.1 Å². The van der Waals surface area contributed by atoms with Crippen molar-refractivity contribution in [2.24, 2.45) is 11.8 Å². The first kappa shape index (κ1) is 10.4. The van der Waals surface area contributed by atoms with E-state index in [9.17, 15) is 4.79 Å². The van der Waals surface area contributed by atoms with Gasteiger partial charge >= 0.3 is 0 Å². The Morgan fingerprint density at radius 2 is 2.27 bits per heavy atom. The molecule has 0 saturated carbocycles. The molecule has 0 aliphatic heterocycles. The highest BCUT2D eigenvalue weighted by Crippen LogP contribution is 2.31. The molecule has 0 spiro atoms. The fraction of sp³-hybridized carbons (Fsp3) is 0.500. The smallest absolute Gasteiger partial charge is 0.123 e. The maximum absolute atomic E-state index is 10.8. The highest BCUT2D eigenvalue weighted by molar-refractivity contribution is 5.54. The van der Waals surface area contributed by atoms with Crippen LogP contribution in [-0.4, -0.2) is 6.29 Å². The molecular weight excluding hydrogens is 184 g/mol. The fourth-order valence-electron chi connectivity index (χ4n) is 2.55. The summed E-state index contributed by atoms with van der Waals surface area (Å²) < 4.78 is 0. The van der Waals surface area contributed by atoms with Crippen LogP contribution >= 0.6 is 0 Å².